The molecule has 2 fully saturated rings. The van der Waals surface area contributed by atoms with Crippen LogP contribution < -0.4 is 0 Å². The van der Waals surface area contributed by atoms with Crippen LogP contribution in [0, 0.1) is 0 Å². The molecule has 2 aromatic rings. The largest absolute Gasteiger partial charge is 0.476 e. The van der Waals surface area contributed by atoms with Crippen LogP contribution in [0.25, 0.3) is 5.52 Å². The molecule has 0 bridgehead atoms. The smallest absolute Gasteiger partial charge is 0.358 e. The maximum Gasteiger partial charge on any atom is 0.358 e. The molecule has 98 valence electrons. The van der Waals surface area contributed by atoms with Gasteiger partial charge in [-0.2, -0.15) is 5.10 Å². The SMILES string of the molecule is O=C(O)c1nn2c(C3CC3)cc(C3CC3)cc2c1Cl. The Bertz CT molecular complexity index is 699. The molecule has 5 heteroatoms. The first-order chi connectivity index (χ1) is 9.15. The van der Waals surface area contributed by atoms with Crippen molar-refractivity contribution in [3.63, 3.8) is 0 Å². The third-order valence-corrected chi connectivity index (χ3v) is 4.34. The zero-order chi connectivity index (χ0) is 13.1. The van der Waals surface area contributed by atoms with Crippen molar-refractivity contribution in [2.45, 2.75) is 37.5 Å². The summed E-state index contributed by atoms with van der Waals surface area (Å²) in [6, 6.07) is 4.20. The number of rotatable bonds is 3. The molecule has 0 aromatic carbocycles. The molecule has 0 unspecified atom stereocenters. The van der Waals surface area contributed by atoms with Crippen molar-refractivity contribution >= 4 is 23.1 Å². The summed E-state index contributed by atoms with van der Waals surface area (Å²) in [5, 5.41) is 13.6. The molecular formula is C14H13ClN2O2. The van der Waals surface area contributed by atoms with Gasteiger partial charge >= 0.3 is 5.97 Å². The lowest BCUT2D eigenvalue weighted by Crippen LogP contribution is -2.01. The van der Waals surface area contributed by atoms with Gasteiger partial charge in [0.2, 0.25) is 0 Å². The van der Waals surface area contributed by atoms with Gasteiger partial charge in [0, 0.05) is 11.6 Å². The molecule has 1 N–H and O–H groups in total. The van der Waals surface area contributed by atoms with Gasteiger partial charge in [0.15, 0.2) is 5.69 Å². The van der Waals surface area contributed by atoms with E-state index in [4.69, 9.17) is 16.7 Å². The molecule has 2 aromatic heterocycles. The van der Waals surface area contributed by atoms with E-state index in [1.807, 2.05) is 6.07 Å². The molecule has 2 aliphatic rings. The Balaban J connectivity index is 2.00. The van der Waals surface area contributed by atoms with Crippen molar-refractivity contribution in [2.24, 2.45) is 0 Å². The molecule has 2 heterocycles. The summed E-state index contributed by atoms with van der Waals surface area (Å²) in [6.07, 6.45) is 4.75. The lowest BCUT2D eigenvalue weighted by molar-refractivity contribution is 0.0690. The summed E-state index contributed by atoms with van der Waals surface area (Å²) < 4.78 is 1.73. The second kappa shape index (κ2) is 3.73. The predicted octanol–water partition coefficient (Wildman–Crippen LogP) is 3.44. The summed E-state index contributed by atoms with van der Waals surface area (Å²) in [7, 11) is 0. The molecule has 4 nitrogen and oxygen atoms in total. The molecular weight excluding hydrogens is 264 g/mol. The third-order valence-electron chi connectivity index (χ3n) is 3.97. The number of carboxylic acid groups (broad SMARTS) is 1. The van der Waals surface area contributed by atoms with Crippen LogP contribution in [0.15, 0.2) is 12.1 Å². The molecule has 2 saturated carbocycles. The van der Waals surface area contributed by atoms with Crippen LogP contribution in [0.5, 0.6) is 0 Å². The van der Waals surface area contributed by atoms with Crippen LogP contribution in [0.1, 0.15) is 59.3 Å². The van der Waals surface area contributed by atoms with Crippen LogP contribution >= 0.6 is 11.6 Å². The van der Waals surface area contributed by atoms with Crippen molar-refractivity contribution in [1.82, 2.24) is 9.61 Å². The van der Waals surface area contributed by atoms with Gasteiger partial charge in [-0.3, -0.25) is 0 Å². The fraction of sp³-hybridized carbons (Fsp3) is 0.429. The first kappa shape index (κ1) is 11.3. The molecule has 2 aliphatic carbocycles. The molecule has 0 saturated heterocycles. The highest BCUT2D eigenvalue weighted by molar-refractivity contribution is 6.36. The molecule has 0 aliphatic heterocycles. The quantitative estimate of drug-likeness (QED) is 0.934. The number of carbonyl (C=O) groups is 1. The number of fused-ring (bicyclic) bond motifs is 1. The Kier molecular flexibility index (Phi) is 2.22. The predicted molar refractivity (Wildman–Crippen MR) is 71.1 cm³/mol. The summed E-state index contributed by atoms with van der Waals surface area (Å²) in [4.78, 5) is 11.2. The average Bonchev–Trinajstić information content (AvgIpc) is 3.26. The number of hydrogen-bond acceptors (Lipinski definition) is 2. The number of nitrogens with zero attached hydrogens (tertiary/aromatic N) is 2. The standard InChI is InChI=1S/C14H13ClN2O2/c15-12-11-6-9(7-1-2-7)5-10(8-3-4-8)17(11)16-13(12)14(18)19/h5-8H,1-4H2,(H,18,19). The second-order valence-corrected chi connectivity index (χ2v) is 5.90. The second-order valence-electron chi connectivity index (χ2n) is 5.53. The van der Waals surface area contributed by atoms with Crippen LogP contribution in [0.3, 0.4) is 0 Å². The lowest BCUT2D eigenvalue weighted by Gasteiger charge is -2.07. The summed E-state index contributed by atoms with van der Waals surface area (Å²) in [5.41, 5.74) is 3.10. The fourth-order valence-corrected chi connectivity index (χ4v) is 2.88. The number of hydrogen-bond donors (Lipinski definition) is 1. The van der Waals surface area contributed by atoms with E-state index in [1.165, 1.54) is 18.4 Å². The molecule has 0 radical (unpaired) electrons. The topological polar surface area (TPSA) is 54.6 Å². The van der Waals surface area contributed by atoms with Gasteiger partial charge in [-0.1, -0.05) is 11.6 Å². The molecule has 4 rings (SSSR count). The maximum atomic E-state index is 11.2. The van der Waals surface area contributed by atoms with Crippen molar-refractivity contribution in [2.75, 3.05) is 0 Å². The van der Waals surface area contributed by atoms with Crippen LogP contribution in [0.4, 0.5) is 0 Å². The van der Waals surface area contributed by atoms with Gasteiger partial charge in [0.25, 0.3) is 0 Å². The average molecular weight is 277 g/mol. The maximum absolute atomic E-state index is 11.2. The van der Waals surface area contributed by atoms with E-state index < -0.39 is 5.97 Å². The van der Waals surface area contributed by atoms with Gasteiger partial charge in [-0.15, -0.1) is 0 Å². The molecule has 0 amide bonds. The van der Waals surface area contributed by atoms with E-state index in [-0.39, 0.29) is 10.7 Å². The Morgan fingerprint density at radius 3 is 2.53 bits per heavy atom. The number of aromatic carboxylic acids is 1. The van der Waals surface area contributed by atoms with E-state index in [9.17, 15) is 4.79 Å². The fourth-order valence-electron chi connectivity index (χ4n) is 2.62. The molecule has 0 spiro atoms. The minimum Gasteiger partial charge on any atom is -0.476 e. The zero-order valence-corrected chi connectivity index (χ0v) is 11.0. The van der Waals surface area contributed by atoms with E-state index >= 15 is 0 Å². The first-order valence-corrected chi connectivity index (χ1v) is 6.98. The van der Waals surface area contributed by atoms with Crippen molar-refractivity contribution in [1.29, 1.82) is 0 Å². The van der Waals surface area contributed by atoms with Gasteiger partial charge in [-0.25, -0.2) is 9.31 Å². The summed E-state index contributed by atoms with van der Waals surface area (Å²) in [6.45, 7) is 0. The summed E-state index contributed by atoms with van der Waals surface area (Å²) >= 11 is 6.18. The molecule has 0 atom stereocenters. The van der Waals surface area contributed by atoms with Gasteiger partial charge in [0.05, 0.1) is 5.52 Å². The number of halogens is 1. The number of carboxylic acids is 1. The third kappa shape index (κ3) is 1.74. The monoisotopic (exact) mass is 276 g/mol. The lowest BCUT2D eigenvalue weighted by atomic mass is 10.1. The summed E-state index contributed by atoms with van der Waals surface area (Å²) in [5.74, 6) is 0.0731. The number of aromatic nitrogens is 2. The highest BCUT2D eigenvalue weighted by Gasteiger charge is 2.32. The van der Waals surface area contributed by atoms with Crippen LogP contribution in [-0.2, 0) is 0 Å². The Labute approximate surface area is 115 Å². The van der Waals surface area contributed by atoms with E-state index in [0.29, 0.717) is 11.8 Å². The Hall–Kier alpha value is -1.55. The van der Waals surface area contributed by atoms with Crippen molar-refractivity contribution in [3.05, 3.63) is 34.1 Å². The Morgan fingerprint density at radius 2 is 1.95 bits per heavy atom. The highest BCUT2D eigenvalue weighted by atomic mass is 35.5. The number of pyridine rings is 1. The minimum absolute atomic E-state index is 0.0449. The van der Waals surface area contributed by atoms with Gasteiger partial charge in [0.1, 0.15) is 5.02 Å². The van der Waals surface area contributed by atoms with Gasteiger partial charge < -0.3 is 5.11 Å². The zero-order valence-electron chi connectivity index (χ0n) is 10.3. The van der Waals surface area contributed by atoms with Crippen LogP contribution in [0.2, 0.25) is 5.02 Å². The van der Waals surface area contributed by atoms with Gasteiger partial charge in [-0.05, 0) is 49.3 Å². The van der Waals surface area contributed by atoms with E-state index in [0.717, 1.165) is 24.1 Å². The van der Waals surface area contributed by atoms with E-state index in [1.54, 1.807) is 4.52 Å². The Morgan fingerprint density at radius 1 is 1.26 bits per heavy atom. The highest BCUT2D eigenvalue weighted by Crippen LogP contribution is 2.46. The minimum atomic E-state index is -1.07. The van der Waals surface area contributed by atoms with Crippen LogP contribution in [-0.4, -0.2) is 20.7 Å². The van der Waals surface area contributed by atoms with E-state index in [2.05, 4.69) is 11.2 Å². The first-order valence-electron chi connectivity index (χ1n) is 6.60. The van der Waals surface area contributed by atoms with Crippen molar-refractivity contribution in [3.8, 4) is 0 Å². The normalized spacial score (nSPS) is 19.0. The molecule has 19 heavy (non-hydrogen) atoms. The van der Waals surface area contributed by atoms with Crippen molar-refractivity contribution < 1.29 is 9.90 Å².